The Kier molecular flexibility index (Phi) is 5.29. The number of hydrogen-bond acceptors (Lipinski definition) is 3. The highest BCUT2D eigenvalue weighted by molar-refractivity contribution is 7.57. The van der Waals surface area contributed by atoms with E-state index >= 15 is 0 Å². The highest BCUT2D eigenvalue weighted by atomic mass is 31.2. The van der Waals surface area contributed by atoms with Gasteiger partial charge in [-0.2, -0.15) is 0 Å². The molecule has 0 heterocycles. The molecular formula is C4H11O9P3. The van der Waals surface area contributed by atoms with E-state index in [0.717, 1.165) is 0 Å². The second-order valence-electron chi connectivity index (χ2n) is 2.93. The molecule has 0 bridgehead atoms. The third-order valence-electron chi connectivity index (χ3n) is 1.36. The van der Waals surface area contributed by atoms with E-state index < -0.39 is 34.6 Å². The van der Waals surface area contributed by atoms with Crippen LogP contribution in [-0.4, -0.2) is 41.2 Å². The first kappa shape index (κ1) is 16.2. The largest absolute Gasteiger partial charge is 0.348 e. The van der Waals surface area contributed by atoms with Gasteiger partial charge in [0.25, 0.3) is 0 Å². The van der Waals surface area contributed by atoms with Gasteiger partial charge in [0.2, 0.25) is 0 Å². The summed E-state index contributed by atoms with van der Waals surface area (Å²) in [6, 6.07) is 0. The van der Waals surface area contributed by atoms with E-state index in [1.165, 1.54) is 0 Å². The van der Waals surface area contributed by atoms with Crippen LogP contribution in [0.3, 0.4) is 0 Å². The molecule has 16 heavy (non-hydrogen) atoms. The molecule has 0 aliphatic rings. The van der Waals surface area contributed by atoms with Crippen molar-refractivity contribution in [2.45, 2.75) is 5.66 Å². The summed E-state index contributed by atoms with van der Waals surface area (Å²) in [5, 5.41) is 0. The fraction of sp³-hybridized carbons (Fsp3) is 0.500. The predicted octanol–water partition coefficient (Wildman–Crippen LogP) is -0.598. The molecule has 0 spiro atoms. The van der Waals surface area contributed by atoms with Crippen LogP contribution in [-0.2, 0) is 13.7 Å². The lowest BCUT2D eigenvalue weighted by Crippen LogP contribution is -2.11. The summed E-state index contributed by atoms with van der Waals surface area (Å²) in [4.78, 5) is 51.3. The van der Waals surface area contributed by atoms with Crippen molar-refractivity contribution in [1.82, 2.24) is 0 Å². The topological polar surface area (TPSA) is 173 Å². The van der Waals surface area contributed by atoms with Crippen LogP contribution >= 0.6 is 22.8 Å². The molecule has 0 aliphatic carbocycles. The lowest BCUT2D eigenvalue weighted by molar-refractivity contribution is 0.352. The van der Waals surface area contributed by atoms with Gasteiger partial charge in [-0.1, -0.05) is 6.08 Å². The second kappa shape index (κ2) is 5.23. The molecule has 1 atom stereocenters. The Balaban J connectivity index is 5.01. The zero-order valence-corrected chi connectivity index (χ0v) is 10.4. The molecule has 0 aromatic rings. The number of hydrogen-bond donors (Lipinski definition) is 6. The van der Waals surface area contributed by atoms with Crippen LogP contribution in [0.5, 0.6) is 0 Å². The van der Waals surface area contributed by atoms with Crippen molar-refractivity contribution in [3.63, 3.8) is 0 Å². The Bertz CT molecular complexity index is 395. The lowest BCUT2D eigenvalue weighted by Gasteiger charge is -2.15. The van der Waals surface area contributed by atoms with Crippen molar-refractivity contribution in [3.8, 4) is 0 Å². The summed E-state index contributed by atoms with van der Waals surface area (Å²) < 4.78 is 31.7. The van der Waals surface area contributed by atoms with Crippen molar-refractivity contribution in [3.05, 3.63) is 11.9 Å². The van der Waals surface area contributed by atoms with Gasteiger partial charge >= 0.3 is 22.8 Å². The average Bonchev–Trinajstić information content (AvgIpc) is 1.91. The van der Waals surface area contributed by atoms with Crippen molar-refractivity contribution >= 4 is 22.8 Å². The molecule has 0 amide bonds. The molecule has 0 aliphatic heterocycles. The molecule has 0 rings (SSSR count). The van der Waals surface area contributed by atoms with Crippen LogP contribution in [0, 0.1) is 0 Å². The first-order valence-corrected chi connectivity index (χ1v) is 8.82. The van der Waals surface area contributed by atoms with Crippen molar-refractivity contribution in [2.24, 2.45) is 0 Å². The minimum absolute atomic E-state index is 0.201. The van der Waals surface area contributed by atoms with Gasteiger partial charge in [0.05, 0.1) is 11.8 Å². The fourth-order valence-electron chi connectivity index (χ4n) is 0.734. The molecule has 1 unspecified atom stereocenters. The first-order valence-electron chi connectivity index (χ1n) is 3.66. The van der Waals surface area contributed by atoms with Gasteiger partial charge in [-0.3, -0.25) is 13.7 Å². The first-order chi connectivity index (χ1) is 6.81. The van der Waals surface area contributed by atoms with E-state index in [2.05, 4.69) is 0 Å². The molecule has 0 saturated carbocycles. The molecule has 0 saturated heterocycles. The Morgan fingerprint density at radius 1 is 0.938 bits per heavy atom. The van der Waals surface area contributed by atoms with Gasteiger partial charge in [-0.15, -0.1) is 0 Å². The summed E-state index contributed by atoms with van der Waals surface area (Å²) in [6.45, 7) is 0. The Hall–Kier alpha value is 0.190. The van der Waals surface area contributed by atoms with Crippen LogP contribution < -0.4 is 0 Å². The van der Waals surface area contributed by atoms with Crippen LogP contribution in [0.15, 0.2) is 11.9 Å². The lowest BCUT2D eigenvalue weighted by atomic mass is 10.5. The minimum atomic E-state index is -4.88. The molecule has 12 heteroatoms. The van der Waals surface area contributed by atoms with E-state index in [4.69, 9.17) is 29.4 Å². The van der Waals surface area contributed by atoms with E-state index in [0.29, 0.717) is 6.08 Å². The molecule has 0 radical (unpaired) electrons. The maximum atomic E-state index is 10.8. The molecule has 9 nitrogen and oxygen atoms in total. The zero-order valence-electron chi connectivity index (χ0n) is 7.69. The fourth-order valence-corrected chi connectivity index (χ4v) is 3.71. The zero-order chi connectivity index (χ0) is 13.2. The quantitative estimate of drug-likeness (QED) is 0.362. The van der Waals surface area contributed by atoms with Crippen molar-refractivity contribution < 1.29 is 43.1 Å². The van der Waals surface area contributed by atoms with Gasteiger partial charge in [0.1, 0.15) is 0 Å². The molecular weight excluding hydrogens is 285 g/mol. The van der Waals surface area contributed by atoms with Crippen LogP contribution in [0.2, 0.25) is 0 Å². The summed E-state index contributed by atoms with van der Waals surface area (Å²) in [6.07, 6.45) is -0.769. The van der Waals surface area contributed by atoms with Crippen LogP contribution in [0.1, 0.15) is 0 Å². The maximum Gasteiger partial charge on any atom is 0.348 e. The third kappa shape index (κ3) is 8.35. The second-order valence-corrected chi connectivity index (χ2v) is 7.95. The van der Waals surface area contributed by atoms with Gasteiger partial charge < -0.3 is 29.4 Å². The summed E-state index contributed by atoms with van der Waals surface area (Å²) >= 11 is 0. The minimum Gasteiger partial charge on any atom is -0.324 e. The van der Waals surface area contributed by atoms with Gasteiger partial charge in [0.15, 0.2) is 0 Å². The Morgan fingerprint density at radius 2 is 1.38 bits per heavy atom. The van der Waals surface area contributed by atoms with Gasteiger partial charge in [0, 0.05) is 5.82 Å². The van der Waals surface area contributed by atoms with Gasteiger partial charge in [-0.25, -0.2) is 0 Å². The van der Waals surface area contributed by atoms with E-state index in [-0.39, 0.29) is 5.82 Å². The van der Waals surface area contributed by atoms with Crippen LogP contribution in [0.25, 0.3) is 0 Å². The third-order valence-corrected chi connectivity index (χ3v) is 4.30. The van der Waals surface area contributed by atoms with E-state index in [1.807, 2.05) is 0 Å². The Labute approximate surface area is 90.3 Å². The monoisotopic (exact) mass is 296 g/mol. The summed E-state index contributed by atoms with van der Waals surface area (Å²) in [5.74, 6) is 0.201. The van der Waals surface area contributed by atoms with Crippen molar-refractivity contribution in [2.75, 3.05) is 6.16 Å². The normalized spacial score (nSPS) is 16.6. The van der Waals surface area contributed by atoms with Crippen LogP contribution in [0.4, 0.5) is 0 Å². The summed E-state index contributed by atoms with van der Waals surface area (Å²) in [7, 11) is -14.2. The SMILES string of the molecule is O=P(O)(O)/C=C/C(CP(=O)(O)O)P(=O)(O)O. The molecule has 96 valence electrons. The molecule has 0 aromatic carbocycles. The summed E-state index contributed by atoms with van der Waals surface area (Å²) in [5.41, 5.74) is -1.93. The molecule has 0 aromatic heterocycles. The van der Waals surface area contributed by atoms with E-state index in [9.17, 15) is 13.7 Å². The molecule has 0 fully saturated rings. The predicted molar refractivity (Wildman–Crippen MR) is 53.9 cm³/mol. The highest BCUT2D eigenvalue weighted by Gasteiger charge is 2.33. The molecule has 6 N–H and O–H groups in total. The number of rotatable bonds is 5. The van der Waals surface area contributed by atoms with Gasteiger partial charge in [-0.05, 0) is 0 Å². The standard InChI is InChI=1S/C4H11O9P3/c5-14(6,7)2-1-4(16(11,12)13)3-15(8,9)10/h1-2,4H,3H2,(H2,5,6,7)(H2,8,9,10)(H2,11,12,13)/b2-1+. The number of allylic oxidation sites excluding steroid dienone is 1. The average molecular weight is 296 g/mol. The van der Waals surface area contributed by atoms with E-state index in [1.54, 1.807) is 0 Å². The smallest absolute Gasteiger partial charge is 0.324 e. The van der Waals surface area contributed by atoms with Crippen molar-refractivity contribution in [1.29, 1.82) is 0 Å². The highest BCUT2D eigenvalue weighted by Crippen LogP contribution is 2.50. The Morgan fingerprint density at radius 3 is 1.62 bits per heavy atom. The maximum absolute atomic E-state index is 10.8.